The number of likely N-dealkylation sites (tertiary alicyclic amines) is 1. The SMILES string of the molecule is CC(C)(C)N1C(=O)C2ON(CCC(N)=O)C(c3ccccc3)C2C1=O. The number of benzene rings is 1. The third-order valence-electron chi connectivity index (χ3n) is 4.59. The Morgan fingerprint density at radius 2 is 1.80 bits per heavy atom. The van der Waals surface area contributed by atoms with Crippen LogP contribution in [0.25, 0.3) is 0 Å². The second-order valence-electron chi connectivity index (χ2n) is 7.45. The van der Waals surface area contributed by atoms with E-state index < -0.39 is 29.5 Å². The number of hydrogen-bond acceptors (Lipinski definition) is 5. The molecule has 3 amide bonds. The molecule has 2 heterocycles. The average Bonchev–Trinajstić information content (AvgIpc) is 3.02. The molecule has 2 aliphatic rings. The van der Waals surface area contributed by atoms with Crippen LogP contribution in [0.4, 0.5) is 0 Å². The van der Waals surface area contributed by atoms with Crippen molar-refractivity contribution in [3.05, 3.63) is 35.9 Å². The van der Waals surface area contributed by atoms with Crippen LogP contribution in [0.2, 0.25) is 0 Å². The smallest absolute Gasteiger partial charge is 0.261 e. The lowest BCUT2D eigenvalue weighted by Gasteiger charge is -2.33. The fourth-order valence-corrected chi connectivity index (χ4v) is 3.57. The van der Waals surface area contributed by atoms with Gasteiger partial charge in [-0.1, -0.05) is 30.3 Å². The first-order chi connectivity index (χ1) is 11.7. The molecule has 2 aliphatic heterocycles. The minimum Gasteiger partial charge on any atom is -0.370 e. The van der Waals surface area contributed by atoms with Crippen molar-refractivity contribution in [1.29, 1.82) is 0 Å². The number of primary amides is 1. The molecule has 3 atom stereocenters. The fourth-order valence-electron chi connectivity index (χ4n) is 3.57. The third-order valence-corrected chi connectivity index (χ3v) is 4.59. The Bertz CT molecular complexity index is 698. The average molecular weight is 345 g/mol. The zero-order valence-electron chi connectivity index (χ0n) is 14.6. The third kappa shape index (κ3) is 3.05. The number of rotatable bonds is 4. The van der Waals surface area contributed by atoms with E-state index in [0.717, 1.165) is 5.56 Å². The van der Waals surface area contributed by atoms with E-state index in [0.29, 0.717) is 0 Å². The summed E-state index contributed by atoms with van der Waals surface area (Å²) in [6.45, 7) is 5.71. The Balaban J connectivity index is 1.96. The molecule has 2 N–H and O–H groups in total. The van der Waals surface area contributed by atoms with Gasteiger partial charge in [0.2, 0.25) is 11.8 Å². The quantitative estimate of drug-likeness (QED) is 0.822. The number of hydrogen-bond donors (Lipinski definition) is 1. The molecule has 0 spiro atoms. The highest BCUT2D eigenvalue weighted by atomic mass is 16.7. The van der Waals surface area contributed by atoms with Crippen LogP contribution >= 0.6 is 0 Å². The van der Waals surface area contributed by atoms with Gasteiger partial charge in [0.05, 0.1) is 12.0 Å². The van der Waals surface area contributed by atoms with Gasteiger partial charge in [-0.3, -0.25) is 24.1 Å². The van der Waals surface area contributed by atoms with Crippen molar-refractivity contribution in [2.75, 3.05) is 6.54 Å². The summed E-state index contributed by atoms with van der Waals surface area (Å²) in [5, 5.41) is 1.56. The molecule has 1 aromatic rings. The van der Waals surface area contributed by atoms with Crippen molar-refractivity contribution in [2.45, 2.75) is 44.9 Å². The molecule has 25 heavy (non-hydrogen) atoms. The van der Waals surface area contributed by atoms with E-state index >= 15 is 0 Å². The lowest BCUT2D eigenvalue weighted by Crippen LogP contribution is -2.48. The minimum absolute atomic E-state index is 0.0914. The highest BCUT2D eigenvalue weighted by Gasteiger charge is 2.61. The van der Waals surface area contributed by atoms with Gasteiger partial charge in [-0.25, -0.2) is 0 Å². The summed E-state index contributed by atoms with van der Waals surface area (Å²) in [5.74, 6) is -1.65. The van der Waals surface area contributed by atoms with E-state index in [-0.39, 0.29) is 24.8 Å². The number of nitrogens with two attached hydrogens (primary N) is 1. The first-order valence-corrected chi connectivity index (χ1v) is 8.36. The Labute approximate surface area is 146 Å². The maximum absolute atomic E-state index is 13.0. The molecule has 3 rings (SSSR count). The van der Waals surface area contributed by atoms with Gasteiger partial charge in [-0.05, 0) is 26.3 Å². The number of fused-ring (bicyclic) bond motifs is 1. The van der Waals surface area contributed by atoms with Crippen molar-refractivity contribution in [2.24, 2.45) is 11.7 Å². The van der Waals surface area contributed by atoms with Gasteiger partial charge in [-0.2, -0.15) is 5.06 Å². The van der Waals surface area contributed by atoms with E-state index in [2.05, 4.69) is 0 Å². The van der Waals surface area contributed by atoms with Crippen LogP contribution in [0.5, 0.6) is 0 Å². The molecule has 0 aromatic heterocycles. The predicted octanol–water partition coefficient (Wildman–Crippen LogP) is 1.00. The zero-order chi connectivity index (χ0) is 18.4. The molecule has 0 saturated carbocycles. The number of carbonyl (C=O) groups excluding carboxylic acids is 3. The Morgan fingerprint density at radius 3 is 2.36 bits per heavy atom. The summed E-state index contributed by atoms with van der Waals surface area (Å²) >= 11 is 0. The van der Waals surface area contributed by atoms with Gasteiger partial charge in [0.25, 0.3) is 5.91 Å². The second-order valence-corrected chi connectivity index (χ2v) is 7.45. The van der Waals surface area contributed by atoms with Crippen molar-refractivity contribution in [3.8, 4) is 0 Å². The molecule has 0 aliphatic carbocycles. The zero-order valence-corrected chi connectivity index (χ0v) is 14.6. The lowest BCUT2D eigenvalue weighted by atomic mass is 9.90. The molecule has 2 saturated heterocycles. The van der Waals surface area contributed by atoms with Crippen molar-refractivity contribution < 1.29 is 19.2 Å². The topological polar surface area (TPSA) is 92.9 Å². The maximum Gasteiger partial charge on any atom is 0.261 e. The summed E-state index contributed by atoms with van der Waals surface area (Å²) in [6.07, 6.45) is -0.765. The van der Waals surface area contributed by atoms with Gasteiger partial charge in [0, 0.05) is 18.5 Å². The highest BCUT2D eigenvalue weighted by Crippen LogP contribution is 2.46. The normalized spacial score (nSPS) is 27.0. The first kappa shape index (κ1) is 17.6. The van der Waals surface area contributed by atoms with E-state index in [9.17, 15) is 14.4 Å². The molecule has 3 unspecified atom stereocenters. The maximum atomic E-state index is 13.0. The van der Waals surface area contributed by atoms with E-state index in [1.54, 1.807) is 5.06 Å². The molecule has 2 fully saturated rings. The number of hydroxylamine groups is 2. The van der Waals surface area contributed by atoms with E-state index in [1.807, 2.05) is 51.1 Å². The monoisotopic (exact) mass is 345 g/mol. The summed E-state index contributed by atoms with van der Waals surface area (Å²) in [7, 11) is 0. The summed E-state index contributed by atoms with van der Waals surface area (Å²) in [5.41, 5.74) is 5.50. The number of amides is 3. The molecular formula is C18H23N3O4. The van der Waals surface area contributed by atoms with Crippen LogP contribution in [-0.4, -0.2) is 45.9 Å². The molecule has 1 aromatic carbocycles. The van der Waals surface area contributed by atoms with Gasteiger partial charge in [0.15, 0.2) is 6.10 Å². The summed E-state index contributed by atoms with van der Waals surface area (Å²) in [4.78, 5) is 44.1. The van der Waals surface area contributed by atoms with E-state index in [1.165, 1.54) is 4.90 Å². The molecule has 7 nitrogen and oxygen atoms in total. The summed E-state index contributed by atoms with van der Waals surface area (Å²) in [6, 6.07) is 8.99. The van der Waals surface area contributed by atoms with Crippen LogP contribution in [0.1, 0.15) is 38.8 Å². The van der Waals surface area contributed by atoms with Gasteiger partial charge >= 0.3 is 0 Å². The largest absolute Gasteiger partial charge is 0.370 e. The van der Waals surface area contributed by atoms with Crippen LogP contribution in [0.15, 0.2) is 30.3 Å². The Morgan fingerprint density at radius 1 is 1.16 bits per heavy atom. The summed E-state index contributed by atoms with van der Waals surface area (Å²) < 4.78 is 0. The standard InChI is InChI=1S/C18H23N3O4/c1-18(2,3)21-16(23)13-14(11-7-5-4-6-8-11)20(10-9-12(19)22)25-15(13)17(21)24/h4-8,13-15H,9-10H2,1-3H3,(H2,19,22). The predicted molar refractivity (Wildman–Crippen MR) is 89.7 cm³/mol. The van der Waals surface area contributed by atoms with E-state index in [4.69, 9.17) is 10.6 Å². The highest BCUT2D eigenvalue weighted by molar-refractivity contribution is 6.08. The lowest BCUT2D eigenvalue weighted by molar-refractivity contribution is -0.182. The van der Waals surface area contributed by atoms with Crippen LogP contribution in [0.3, 0.4) is 0 Å². The Hall–Kier alpha value is -2.25. The van der Waals surface area contributed by atoms with Gasteiger partial charge in [0.1, 0.15) is 0 Å². The molecule has 7 heteroatoms. The molecule has 0 radical (unpaired) electrons. The van der Waals surface area contributed by atoms with Crippen molar-refractivity contribution >= 4 is 17.7 Å². The van der Waals surface area contributed by atoms with Gasteiger partial charge in [-0.15, -0.1) is 0 Å². The van der Waals surface area contributed by atoms with Gasteiger partial charge < -0.3 is 5.73 Å². The van der Waals surface area contributed by atoms with Crippen LogP contribution in [0, 0.1) is 5.92 Å². The molecular weight excluding hydrogens is 322 g/mol. The first-order valence-electron chi connectivity index (χ1n) is 8.36. The van der Waals surface area contributed by atoms with Crippen LogP contribution < -0.4 is 5.73 Å². The van der Waals surface area contributed by atoms with Crippen molar-refractivity contribution in [1.82, 2.24) is 9.96 Å². The second kappa shape index (κ2) is 6.24. The Kier molecular flexibility index (Phi) is 4.38. The number of imide groups is 1. The molecule has 0 bridgehead atoms. The molecule has 134 valence electrons. The number of nitrogens with zero attached hydrogens (tertiary/aromatic N) is 2. The number of carbonyl (C=O) groups is 3. The van der Waals surface area contributed by atoms with Crippen molar-refractivity contribution in [3.63, 3.8) is 0 Å². The fraction of sp³-hybridized carbons (Fsp3) is 0.500. The minimum atomic E-state index is -0.857. The van der Waals surface area contributed by atoms with Crippen LogP contribution in [-0.2, 0) is 19.2 Å².